The standard InChI is InChI=1S/C14H21N3S/c1-2-10(1)12-8-17(9-14-15-5-6-18-14)13(7-16-12)11-3-4-11/h5-6,10-13,16H,1-4,7-9H2. The maximum absolute atomic E-state index is 4.47. The maximum Gasteiger partial charge on any atom is 0.107 e. The van der Waals surface area contributed by atoms with E-state index in [2.05, 4.69) is 20.6 Å². The van der Waals surface area contributed by atoms with Crippen molar-refractivity contribution in [2.75, 3.05) is 13.1 Å². The minimum absolute atomic E-state index is 0.750. The van der Waals surface area contributed by atoms with Crippen LogP contribution in [0.2, 0.25) is 0 Å². The van der Waals surface area contributed by atoms with Crippen molar-refractivity contribution in [2.24, 2.45) is 11.8 Å². The molecule has 1 aromatic heterocycles. The maximum atomic E-state index is 4.47. The Labute approximate surface area is 113 Å². The molecule has 0 amide bonds. The van der Waals surface area contributed by atoms with Gasteiger partial charge in [0.2, 0.25) is 0 Å². The first-order valence-corrected chi connectivity index (χ1v) is 8.14. The Morgan fingerprint density at radius 1 is 1.28 bits per heavy atom. The second-order valence-electron chi connectivity index (χ2n) is 6.11. The largest absolute Gasteiger partial charge is 0.311 e. The molecule has 0 radical (unpaired) electrons. The highest BCUT2D eigenvalue weighted by molar-refractivity contribution is 7.09. The lowest BCUT2D eigenvalue weighted by Gasteiger charge is -2.40. The molecule has 2 saturated carbocycles. The van der Waals surface area contributed by atoms with Gasteiger partial charge < -0.3 is 5.32 Å². The molecule has 0 aromatic carbocycles. The van der Waals surface area contributed by atoms with Gasteiger partial charge in [0.1, 0.15) is 5.01 Å². The number of rotatable bonds is 4. The third-order valence-corrected chi connectivity index (χ3v) is 5.43. The highest BCUT2D eigenvalue weighted by Gasteiger charge is 2.42. The summed E-state index contributed by atoms with van der Waals surface area (Å²) in [5, 5.41) is 7.19. The number of hydrogen-bond donors (Lipinski definition) is 1. The number of hydrogen-bond acceptors (Lipinski definition) is 4. The molecule has 3 fully saturated rings. The number of aromatic nitrogens is 1. The predicted octanol–water partition coefficient (Wildman–Crippen LogP) is 2.11. The van der Waals surface area contributed by atoms with Crippen LogP contribution in [0, 0.1) is 11.8 Å². The van der Waals surface area contributed by atoms with Crippen molar-refractivity contribution >= 4 is 11.3 Å². The van der Waals surface area contributed by atoms with Gasteiger partial charge in [0.05, 0.1) is 6.54 Å². The highest BCUT2D eigenvalue weighted by atomic mass is 32.1. The molecular formula is C14H21N3S. The van der Waals surface area contributed by atoms with Crippen LogP contribution in [0.3, 0.4) is 0 Å². The lowest BCUT2D eigenvalue weighted by Crippen LogP contribution is -2.57. The molecule has 98 valence electrons. The van der Waals surface area contributed by atoms with E-state index in [-0.39, 0.29) is 0 Å². The van der Waals surface area contributed by atoms with E-state index in [1.807, 2.05) is 6.20 Å². The molecule has 2 aliphatic carbocycles. The van der Waals surface area contributed by atoms with Crippen LogP contribution >= 0.6 is 11.3 Å². The van der Waals surface area contributed by atoms with E-state index in [1.165, 1.54) is 43.8 Å². The normalized spacial score (nSPS) is 33.8. The third-order valence-electron chi connectivity index (χ3n) is 4.67. The van der Waals surface area contributed by atoms with Crippen molar-refractivity contribution in [3.05, 3.63) is 16.6 Å². The summed E-state index contributed by atoms with van der Waals surface area (Å²) >= 11 is 1.80. The molecule has 18 heavy (non-hydrogen) atoms. The van der Waals surface area contributed by atoms with E-state index >= 15 is 0 Å². The Bertz CT molecular complexity index is 397. The summed E-state index contributed by atoms with van der Waals surface area (Å²) in [5.41, 5.74) is 0. The monoisotopic (exact) mass is 263 g/mol. The average molecular weight is 263 g/mol. The molecule has 3 aliphatic rings. The summed E-state index contributed by atoms with van der Waals surface area (Å²) in [7, 11) is 0. The Hall–Kier alpha value is -0.450. The average Bonchev–Trinajstić information content (AvgIpc) is 3.29. The van der Waals surface area contributed by atoms with Gasteiger partial charge in [0.25, 0.3) is 0 Å². The van der Waals surface area contributed by atoms with E-state index in [0.29, 0.717) is 0 Å². The van der Waals surface area contributed by atoms with Gasteiger partial charge >= 0.3 is 0 Å². The Morgan fingerprint density at radius 3 is 2.78 bits per heavy atom. The predicted molar refractivity (Wildman–Crippen MR) is 73.6 cm³/mol. The van der Waals surface area contributed by atoms with E-state index in [9.17, 15) is 0 Å². The molecule has 2 atom stereocenters. The van der Waals surface area contributed by atoms with Crippen molar-refractivity contribution in [3.8, 4) is 0 Å². The van der Waals surface area contributed by atoms with Gasteiger partial charge in [0, 0.05) is 36.8 Å². The van der Waals surface area contributed by atoms with Crippen LogP contribution in [0.4, 0.5) is 0 Å². The van der Waals surface area contributed by atoms with Gasteiger partial charge in [0.15, 0.2) is 0 Å². The molecule has 2 heterocycles. The van der Waals surface area contributed by atoms with E-state index in [0.717, 1.165) is 30.5 Å². The Balaban J connectivity index is 1.46. The number of thiazole rings is 1. The molecule has 1 aromatic rings. The fourth-order valence-corrected chi connectivity index (χ4v) is 3.94. The van der Waals surface area contributed by atoms with Crippen LogP contribution in [0.1, 0.15) is 30.7 Å². The van der Waals surface area contributed by atoms with Crippen molar-refractivity contribution in [1.29, 1.82) is 0 Å². The first-order valence-electron chi connectivity index (χ1n) is 7.26. The number of piperazine rings is 1. The fourth-order valence-electron chi connectivity index (χ4n) is 3.30. The summed E-state index contributed by atoms with van der Waals surface area (Å²) in [4.78, 5) is 7.18. The molecule has 1 N–H and O–H groups in total. The van der Waals surface area contributed by atoms with Crippen LogP contribution in [-0.4, -0.2) is 35.1 Å². The van der Waals surface area contributed by atoms with Crippen LogP contribution in [0.15, 0.2) is 11.6 Å². The molecule has 3 nitrogen and oxygen atoms in total. The minimum atomic E-state index is 0.750. The Morgan fingerprint density at radius 2 is 2.11 bits per heavy atom. The minimum Gasteiger partial charge on any atom is -0.311 e. The van der Waals surface area contributed by atoms with Gasteiger partial charge in [-0.2, -0.15) is 0 Å². The van der Waals surface area contributed by atoms with Crippen LogP contribution in [0.25, 0.3) is 0 Å². The van der Waals surface area contributed by atoms with Crippen molar-refractivity contribution in [1.82, 2.24) is 15.2 Å². The van der Waals surface area contributed by atoms with Crippen LogP contribution in [0.5, 0.6) is 0 Å². The van der Waals surface area contributed by atoms with E-state index < -0.39 is 0 Å². The van der Waals surface area contributed by atoms with Crippen LogP contribution < -0.4 is 5.32 Å². The zero-order valence-electron chi connectivity index (χ0n) is 10.7. The molecule has 4 heteroatoms. The van der Waals surface area contributed by atoms with Crippen LogP contribution in [-0.2, 0) is 6.54 Å². The molecule has 4 rings (SSSR count). The van der Waals surface area contributed by atoms with Crippen molar-refractivity contribution in [2.45, 2.75) is 44.3 Å². The Kier molecular flexibility index (Phi) is 2.90. The molecular weight excluding hydrogens is 242 g/mol. The highest BCUT2D eigenvalue weighted by Crippen LogP contribution is 2.40. The smallest absolute Gasteiger partial charge is 0.107 e. The molecule has 0 spiro atoms. The lowest BCUT2D eigenvalue weighted by molar-refractivity contribution is 0.100. The van der Waals surface area contributed by atoms with Crippen molar-refractivity contribution < 1.29 is 0 Å². The second-order valence-corrected chi connectivity index (χ2v) is 7.09. The quantitative estimate of drug-likeness (QED) is 0.902. The van der Waals surface area contributed by atoms with E-state index in [4.69, 9.17) is 0 Å². The van der Waals surface area contributed by atoms with Gasteiger partial charge in [-0.15, -0.1) is 11.3 Å². The van der Waals surface area contributed by atoms with Gasteiger partial charge in [-0.3, -0.25) is 4.90 Å². The molecule has 1 saturated heterocycles. The number of nitrogens with one attached hydrogen (secondary N) is 1. The summed E-state index contributed by atoms with van der Waals surface area (Å²) < 4.78 is 0. The molecule has 2 unspecified atom stereocenters. The zero-order chi connectivity index (χ0) is 11.9. The van der Waals surface area contributed by atoms with Crippen molar-refractivity contribution in [3.63, 3.8) is 0 Å². The van der Waals surface area contributed by atoms with Gasteiger partial charge in [-0.1, -0.05) is 0 Å². The molecule has 1 aliphatic heterocycles. The molecule has 0 bridgehead atoms. The van der Waals surface area contributed by atoms with E-state index in [1.54, 1.807) is 11.3 Å². The number of nitrogens with zero attached hydrogens (tertiary/aromatic N) is 2. The first-order chi connectivity index (χ1) is 8.90. The summed E-state index contributed by atoms with van der Waals surface area (Å²) in [6, 6.07) is 1.52. The van der Waals surface area contributed by atoms with Gasteiger partial charge in [-0.25, -0.2) is 4.98 Å². The fraction of sp³-hybridized carbons (Fsp3) is 0.786. The summed E-state index contributed by atoms with van der Waals surface area (Å²) in [6.45, 7) is 3.52. The third kappa shape index (κ3) is 2.33. The first kappa shape index (κ1) is 11.4. The second kappa shape index (κ2) is 4.58. The summed E-state index contributed by atoms with van der Waals surface area (Å²) in [6.07, 6.45) is 7.70. The van der Waals surface area contributed by atoms with Gasteiger partial charge in [-0.05, 0) is 37.5 Å². The zero-order valence-corrected chi connectivity index (χ0v) is 11.5. The topological polar surface area (TPSA) is 28.2 Å². The summed E-state index contributed by atoms with van der Waals surface area (Å²) in [5.74, 6) is 1.92. The SMILES string of the molecule is c1csc(CN2CC(C3CC3)NCC2C2CC2)n1. The lowest BCUT2D eigenvalue weighted by atomic mass is 10.0.